The highest BCUT2D eigenvalue weighted by molar-refractivity contribution is 8.00. The van der Waals surface area contributed by atoms with E-state index in [1.54, 1.807) is 32.2 Å². The summed E-state index contributed by atoms with van der Waals surface area (Å²) in [5.74, 6) is 1.52. The van der Waals surface area contributed by atoms with Gasteiger partial charge in [-0.25, -0.2) is 4.98 Å². The number of fused-ring (bicyclic) bond motifs is 1. The van der Waals surface area contributed by atoms with Crippen molar-refractivity contribution in [3.8, 4) is 17.2 Å². The van der Waals surface area contributed by atoms with E-state index in [2.05, 4.69) is 4.98 Å². The van der Waals surface area contributed by atoms with E-state index < -0.39 is 5.25 Å². The molecular formula is C18H20N2O5S2. The van der Waals surface area contributed by atoms with E-state index in [-0.39, 0.29) is 11.5 Å². The fraction of sp³-hybridized carbons (Fsp3) is 0.389. The van der Waals surface area contributed by atoms with E-state index in [9.17, 15) is 9.59 Å². The Morgan fingerprint density at radius 1 is 1.26 bits per heavy atom. The van der Waals surface area contributed by atoms with Gasteiger partial charge in [0.05, 0.1) is 37.6 Å². The van der Waals surface area contributed by atoms with Crippen LogP contribution in [0.25, 0.3) is 5.69 Å². The lowest BCUT2D eigenvalue weighted by Gasteiger charge is -2.17. The van der Waals surface area contributed by atoms with Crippen LogP contribution in [0, 0.1) is 0 Å². The smallest absolute Gasteiger partial charge is 0.318 e. The number of nitrogens with zero attached hydrogens (tertiary/aromatic N) is 2. The quantitative estimate of drug-likeness (QED) is 0.410. The summed E-state index contributed by atoms with van der Waals surface area (Å²) in [4.78, 5) is 30.3. The number of thioether (sulfide) groups is 2. The summed E-state index contributed by atoms with van der Waals surface area (Å²) >= 11 is 2.70. The molecule has 2 aromatic rings. The number of rotatable bonds is 6. The monoisotopic (exact) mass is 408 g/mol. The van der Waals surface area contributed by atoms with Gasteiger partial charge in [-0.2, -0.15) is 0 Å². The van der Waals surface area contributed by atoms with Crippen LogP contribution < -0.4 is 15.0 Å². The molecule has 7 nitrogen and oxygen atoms in total. The third kappa shape index (κ3) is 3.79. The van der Waals surface area contributed by atoms with Crippen molar-refractivity contribution in [1.29, 1.82) is 0 Å². The number of carbonyl (C=O) groups is 1. The van der Waals surface area contributed by atoms with Gasteiger partial charge in [0.25, 0.3) is 5.56 Å². The molecule has 1 aromatic carbocycles. The van der Waals surface area contributed by atoms with Crippen molar-refractivity contribution in [2.45, 2.75) is 28.6 Å². The Morgan fingerprint density at radius 2 is 2.00 bits per heavy atom. The van der Waals surface area contributed by atoms with Gasteiger partial charge in [0.1, 0.15) is 5.25 Å². The lowest BCUT2D eigenvalue weighted by Crippen LogP contribution is -2.25. The first-order valence-electron chi connectivity index (χ1n) is 8.25. The van der Waals surface area contributed by atoms with Crippen molar-refractivity contribution < 1.29 is 19.0 Å². The topological polar surface area (TPSA) is 79.7 Å². The lowest BCUT2D eigenvalue weighted by atomic mass is 10.2. The van der Waals surface area contributed by atoms with E-state index in [1.807, 2.05) is 0 Å². The van der Waals surface area contributed by atoms with Crippen LogP contribution in [-0.2, 0) is 16.0 Å². The van der Waals surface area contributed by atoms with Crippen molar-refractivity contribution in [1.82, 2.24) is 9.55 Å². The number of hydrogen-bond donors (Lipinski definition) is 0. The predicted molar refractivity (Wildman–Crippen MR) is 105 cm³/mol. The van der Waals surface area contributed by atoms with Crippen LogP contribution in [0.3, 0.4) is 0 Å². The van der Waals surface area contributed by atoms with Gasteiger partial charge in [0, 0.05) is 18.2 Å². The van der Waals surface area contributed by atoms with Gasteiger partial charge in [-0.15, -0.1) is 11.8 Å². The molecule has 27 heavy (non-hydrogen) atoms. The molecule has 0 radical (unpaired) electrons. The first kappa shape index (κ1) is 19.6. The minimum atomic E-state index is -0.500. The highest BCUT2D eigenvalue weighted by Crippen LogP contribution is 2.34. The number of methoxy groups -OCH3 is 3. The zero-order chi connectivity index (χ0) is 19.6. The van der Waals surface area contributed by atoms with Gasteiger partial charge >= 0.3 is 5.97 Å². The largest absolute Gasteiger partial charge is 0.493 e. The zero-order valence-electron chi connectivity index (χ0n) is 15.5. The number of hydrogen-bond acceptors (Lipinski definition) is 8. The molecule has 1 aromatic heterocycles. The average molecular weight is 409 g/mol. The fourth-order valence-corrected chi connectivity index (χ4v) is 4.73. The summed E-state index contributed by atoms with van der Waals surface area (Å²) in [7, 11) is 4.43. The van der Waals surface area contributed by atoms with Crippen molar-refractivity contribution in [3.05, 3.63) is 34.2 Å². The molecule has 0 spiro atoms. The van der Waals surface area contributed by atoms with Crippen molar-refractivity contribution in [3.63, 3.8) is 0 Å². The molecule has 0 N–H and O–H groups in total. The zero-order valence-corrected chi connectivity index (χ0v) is 17.1. The van der Waals surface area contributed by atoms with Crippen molar-refractivity contribution >= 4 is 29.5 Å². The molecule has 0 bridgehead atoms. The van der Waals surface area contributed by atoms with Crippen LogP contribution in [0.1, 0.15) is 12.6 Å². The number of aromatic nitrogens is 2. The molecular weight excluding hydrogens is 388 g/mol. The molecule has 1 aliphatic heterocycles. The highest BCUT2D eigenvalue weighted by atomic mass is 32.2. The number of aryl methyl sites for hydroxylation is 1. The summed E-state index contributed by atoms with van der Waals surface area (Å²) in [6, 6.07) is 5.23. The first-order chi connectivity index (χ1) is 13.0. The standard InChI is InChI=1S/C18H20N2O5S2/c1-10(17(22)25-4)27-18-19-12-7-8-26-15(12)16(21)20(18)11-5-6-13(23-2)14(9-11)24-3/h5-6,9-10H,7-8H2,1-4H3. The third-order valence-corrected chi connectivity index (χ3v) is 6.25. The summed E-state index contributed by atoms with van der Waals surface area (Å²) in [6.07, 6.45) is 0.738. The second-order valence-electron chi connectivity index (χ2n) is 5.73. The highest BCUT2D eigenvalue weighted by Gasteiger charge is 2.25. The molecule has 0 amide bonds. The van der Waals surface area contributed by atoms with E-state index in [0.29, 0.717) is 27.2 Å². The van der Waals surface area contributed by atoms with Crippen molar-refractivity contribution in [2.24, 2.45) is 0 Å². The number of esters is 1. The molecule has 1 unspecified atom stereocenters. The van der Waals surface area contributed by atoms with Gasteiger partial charge in [-0.05, 0) is 19.1 Å². The van der Waals surface area contributed by atoms with Gasteiger partial charge in [-0.3, -0.25) is 14.2 Å². The summed E-state index contributed by atoms with van der Waals surface area (Å²) in [6.45, 7) is 1.73. The molecule has 144 valence electrons. The molecule has 0 fully saturated rings. The Bertz CT molecular complexity index is 929. The Kier molecular flexibility index (Phi) is 6.01. The number of carbonyl (C=O) groups excluding carboxylic acids is 1. The van der Waals surface area contributed by atoms with Crippen LogP contribution in [0.15, 0.2) is 33.0 Å². The Morgan fingerprint density at radius 3 is 2.67 bits per heavy atom. The Labute approximate surface area is 165 Å². The molecule has 3 rings (SSSR count). The second-order valence-corrected chi connectivity index (χ2v) is 8.14. The van der Waals surface area contributed by atoms with Crippen LogP contribution in [0.2, 0.25) is 0 Å². The normalized spacial score (nSPS) is 13.8. The van der Waals surface area contributed by atoms with Crippen LogP contribution in [-0.4, -0.2) is 47.9 Å². The average Bonchev–Trinajstić information content (AvgIpc) is 3.15. The minimum absolute atomic E-state index is 0.144. The SMILES string of the molecule is COC(=O)C(C)Sc1nc2c(c(=O)n1-c1ccc(OC)c(OC)c1)SCC2. The Hall–Kier alpha value is -2.13. The van der Waals surface area contributed by atoms with Crippen LogP contribution >= 0.6 is 23.5 Å². The van der Waals surface area contributed by atoms with E-state index in [4.69, 9.17) is 14.2 Å². The fourth-order valence-electron chi connectivity index (χ4n) is 2.74. The van der Waals surface area contributed by atoms with E-state index in [1.165, 1.54) is 42.3 Å². The number of benzene rings is 1. The summed E-state index contributed by atoms with van der Waals surface area (Å²) < 4.78 is 17.0. The molecule has 0 saturated heterocycles. The molecule has 0 saturated carbocycles. The van der Waals surface area contributed by atoms with Crippen LogP contribution in [0.5, 0.6) is 11.5 Å². The number of ether oxygens (including phenoxy) is 3. The van der Waals surface area contributed by atoms with Crippen molar-refractivity contribution in [2.75, 3.05) is 27.1 Å². The first-order valence-corrected chi connectivity index (χ1v) is 10.1. The summed E-state index contributed by atoms with van der Waals surface area (Å²) in [5, 5.41) is -0.0493. The maximum absolute atomic E-state index is 13.2. The van der Waals surface area contributed by atoms with E-state index >= 15 is 0 Å². The molecule has 0 aliphatic carbocycles. The minimum Gasteiger partial charge on any atom is -0.493 e. The summed E-state index contributed by atoms with van der Waals surface area (Å²) in [5.41, 5.74) is 1.23. The maximum Gasteiger partial charge on any atom is 0.318 e. The second kappa shape index (κ2) is 8.26. The van der Waals surface area contributed by atoms with Gasteiger partial charge in [0.2, 0.25) is 0 Å². The lowest BCUT2D eigenvalue weighted by molar-refractivity contribution is -0.139. The Balaban J connectivity index is 2.16. The van der Waals surface area contributed by atoms with E-state index in [0.717, 1.165) is 17.9 Å². The molecule has 1 aliphatic rings. The maximum atomic E-state index is 13.2. The molecule has 2 heterocycles. The predicted octanol–water partition coefficient (Wildman–Crippen LogP) is 2.55. The molecule has 9 heteroatoms. The van der Waals surface area contributed by atoms with Gasteiger partial charge < -0.3 is 14.2 Å². The van der Waals surface area contributed by atoms with Gasteiger partial charge in [0.15, 0.2) is 16.7 Å². The van der Waals surface area contributed by atoms with Crippen LogP contribution in [0.4, 0.5) is 0 Å². The molecule has 1 atom stereocenters. The third-order valence-electron chi connectivity index (χ3n) is 4.11. The van der Waals surface area contributed by atoms with Gasteiger partial charge in [-0.1, -0.05) is 11.8 Å².